The summed E-state index contributed by atoms with van der Waals surface area (Å²) in [4.78, 5) is 23.9. The number of hydrogen-bond acceptors (Lipinski definition) is 3. The maximum Gasteiger partial charge on any atom is 0.419 e. The van der Waals surface area contributed by atoms with Crippen molar-refractivity contribution in [3.05, 3.63) is 64.4 Å². The smallest absolute Gasteiger partial charge is 0.408 e. The SMILES string of the molecule is CCC(CC(=O)Nc1ccc2oc(=O)n(C)c2c1)c1ccc(F)cc1. The molecule has 6 heteroatoms. The highest BCUT2D eigenvalue weighted by Gasteiger charge is 2.15. The molecule has 5 nitrogen and oxygen atoms in total. The number of carbonyl (C=O) groups excluding carboxylic acids is 1. The van der Waals surface area contributed by atoms with E-state index in [9.17, 15) is 14.0 Å². The number of rotatable bonds is 5. The van der Waals surface area contributed by atoms with Gasteiger partial charge in [0.25, 0.3) is 0 Å². The van der Waals surface area contributed by atoms with Gasteiger partial charge >= 0.3 is 5.76 Å². The molecule has 0 aliphatic rings. The van der Waals surface area contributed by atoms with Gasteiger partial charge in [-0.1, -0.05) is 19.1 Å². The van der Waals surface area contributed by atoms with Crippen molar-refractivity contribution < 1.29 is 13.6 Å². The number of anilines is 1. The van der Waals surface area contributed by atoms with Crippen molar-refractivity contribution >= 4 is 22.7 Å². The molecule has 0 bridgehead atoms. The molecule has 2 aromatic carbocycles. The summed E-state index contributed by atoms with van der Waals surface area (Å²) in [6.07, 6.45) is 1.07. The summed E-state index contributed by atoms with van der Waals surface area (Å²) in [5.74, 6) is -0.852. The highest BCUT2D eigenvalue weighted by atomic mass is 19.1. The summed E-state index contributed by atoms with van der Waals surface area (Å²) < 4.78 is 19.5. The maximum absolute atomic E-state index is 13.1. The molecule has 130 valence electrons. The van der Waals surface area contributed by atoms with Gasteiger partial charge in [-0.3, -0.25) is 9.36 Å². The summed E-state index contributed by atoms with van der Waals surface area (Å²) in [7, 11) is 1.61. The highest BCUT2D eigenvalue weighted by molar-refractivity contribution is 5.93. The van der Waals surface area contributed by atoms with E-state index in [0.717, 1.165) is 12.0 Å². The molecule has 1 heterocycles. The van der Waals surface area contributed by atoms with Gasteiger partial charge in [0.15, 0.2) is 5.58 Å². The fourth-order valence-corrected chi connectivity index (χ4v) is 2.87. The monoisotopic (exact) mass is 342 g/mol. The van der Waals surface area contributed by atoms with E-state index in [1.807, 2.05) is 6.92 Å². The number of fused-ring (bicyclic) bond motifs is 1. The molecule has 0 saturated carbocycles. The van der Waals surface area contributed by atoms with Crippen LogP contribution in [-0.4, -0.2) is 10.5 Å². The molecule has 0 aliphatic heterocycles. The lowest BCUT2D eigenvalue weighted by Gasteiger charge is -2.15. The predicted molar refractivity (Wildman–Crippen MR) is 94.1 cm³/mol. The number of hydrogen-bond donors (Lipinski definition) is 1. The van der Waals surface area contributed by atoms with Gasteiger partial charge in [0.1, 0.15) is 5.82 Å². The van der Waals surface area contributed by atoms with Gasteiger partial charge in [0.2, 0.25) is 5.91 Å². The molecule has 0 aliphatic carbocycles. The number of amides is 1. The zero-order valence-corrected chi connectivity index (χ0v) is 14.1. The van der Waals surface area contributed by atoms with Crippen LogP contribution in [0.3, 0.4) is 0 Å². The number of carbonyl (C=O) groups is 1. The molecule has 0 saturated heterocycles. The van der Waals surface area contributed by atoms with Crippen molar-refractivity contribution in [2.45, 2.75) is 25.7 Å². The summed E-state index contributed by atoms with van der Waals surface area (Å²) >= 11 is 0. The quantitative estimate of drug-likeness (QED) is 0.767. The minimum atomic E-state index is -0.444. The van der Waals surface area contributed by atoms with Crippen LogP contribution < -0.4 is 11.1 Å². The number of halogens is 1. The Morgan fingerprint density at radius 2 is 1.96 bits per heavy atom. The van der Waals surface area contributed by atoms with Gasteiger partial charge < -0.3 is 9.73 Å². The molecule has 1 atom stereocenters. The summed E-state index contributed by atoms with van der Waals surface area (Å²) in [5, 5.41) is 2.85. The molecule has 1 aromatic heterocycles. The zero-order chi connectivity index (χ0) is 18.0. The minimum absolute atomic E-state index is 0.0163. The van der Waals surface area contributed by atoms with Crippen LogP contribution in [0.15, 0.2) is 51.7 Å². The van der Waals surface area contributed by atoms with E-state index in [1.54, 1.807) is 37.4 Å². The predicted octanol–water partition coefficient (Wildman–Crippen LogP) is 3.79. The Morgan fingerprint density at radius 1 is 1.24 bits per heavy atom. The normalized spacial score (nSPS) is 12.3. The lowest BCUT2D eigenvalue weighted by molar-refractivity contribution is -0.116. The van der Waals surface area contributed by atoms with E-state index >= 15 is 0 Å². The maximum atomic E-state index is 13.1. The minimum Gasteiger partial charge on any atom is -0.408 e. The fourth-order valence-electron chi connectivity index (χ4n) is 2.87. The first-order valence-corrected chi connectivity index (χ1v) is 8.13. The Bertz CT molecular complexity index is 957. The number of aryl methyl sites for hydroxylation is 1. The molecule has 1 unspecified atom stereocenters. The first-order valence-electron chi connectivity index (χ1n) is 8.13. The Kier molecular flexibility index (Phi) is 4.70. The van der Waals surface area contributed by atoms with Crippen LogP contribution in [0.5, 0.6) is 0 Å². The second-order valence-corrected chi connectivity index (χ2v) is 6.02. The summed E-state index contributed by atoms with van der Waals surface area (Å²) in [5.41, 5.74) is 2.63. The Balaban J connectivity index is 1.74. The molecular weight excluding hydrogens is 323 g/mol. The lowest BCUT2D eigenvalue weighted by Crippen LogP contribution is -2.15. The third-order valence-electron chi connectivity index (χ3n) is 4.34. The van der Waals surface area contributed by atoms with E-state index in [1.165, 1.54) is 16.7 Å². The molecular formula is C19H19FN2O3. The van der Waals surface area contributed by atoms with Crippen molar-refractivity contribution in [1.82, 2.24) is 4.57 Å². The van der Waals surface area contributed by atoms with E-state index in [2.05, 4.69) is 5.32 Å². The van der Waals surface area contributed by atoms with Crippen LogP contribution in [0.1, 0.15) is 31.2 Å². The average molecular weight is 342 g/mol. The van der Waals surface area contributed by atoms with Gasteiger partial charge in [-0.25, -0.2) is 9.18 Å². The van der Waals surface area contributed by atoms with Crippen LogP contribution in [0.2, 0.25) is 0 Å². The molecule has 1 amide bonds. The number of benzene rings is 2. The van der Waals surface area contributed by atoms with Crippen LogP contribution in [0.4, 0.5) is 10.1 Å². The summed E-state index contributed by atoms with van der Waals surface area (Å²) in [6, 6.07) is 11.3. The van der Waals surface area contributed by atoms with Crippen molar-refractivity contribution in [1.29, 1.82) is 0 Å². The van der Waals surface area contributed by atoms with Crippen molar-refractivity contribution in [3.8, 4) is 0 Å². The number of nitrogens with zero attached hydrogens (tertiary/aromatic N) is 1. The third-order valence-corrected chi connectivity index (χ3v) is 4.34. The fraction of sp³-hybridized carbons (Fsp3) is 0.263. The standard InChI is InChI=1S/C19H19FN2O3/c1-3-12(13-4-6-14(20)7-5-13)10-18(23)21-15-8-9-17-16(11-15)22(2)19(24)25-17/h4-9,11-12H,3,10H2,1-2H3,(H,21,23). The Labute approximate surface area is 144 Å². The van der Waals surface area contributed by atoms with Crippen molar-refractivity contribution in [2.24, 2.45) is 7.05 Å². The zero-order valence-electron chi connectivity index (χ0n) is 14.1. The first kappa shape index (κ1) is 17.0. The van der Waals surface area contributed by atoms with Gasteiger partial charge in [-0.05, 0) is 48.2 Å². The van der Waals surface area contributed by atoms with E-state index in [0.29, 0.717) is 23.2 Å². The molecule has 3 rings (SSSR count). The first-order chi connectivity index (χ1) is 12.0. The summed E-state index contributed by atoms with van der Waals surface area (Å²) in [6.45, 7) is 1.99. The van der Waals surface area contributed by atoms with Crippen molar-refractivity contribution in [3.63, 3.8) is 0 Å². The van der Waals surface area contributed by atoms with E-state index in [4.69, 9.17) is 4.42 Å². The molecule has 25 heavy (non-hydrogen) atoms. The van der Waals surface area contributed by atoms with Crippen LogP contribution >= 0.6 is 0 Å². The Hall–Kier alpha value is -2.89. The molecule has 0 radical (unpaired) electrons. The van der Waals surface area contributed by atoms with Crippen LogP contribution in [-0.2, 0) is 11.8 Å². The topological polar surface area (TPSA) is 64.2 Å². The molecule has 0 spiro atoms. The van der Waals surface area contributed by atoms with Gasteiger partial charge in [0.05, 0.1) is 5.52 Å². The Morgan fingerprint density at radius 3 is 2.64 bits per heavy atom. The number of oxazole rings is 1. The lowest BCUT2D eigenvalue weighted by atomic mass is 9.93. The van der Waals surface area contributed by atoms with E-state index in [-0.39, 0.29) is 17.6 Å². The van der Waals surface area contributed by atoms with Crippen LogP contribution in [0.25, 0.3) is 11.1 Å². The van der Waals surface area contributed by atoms with E-state index < -0.39 is 5.76 Å². The van der Waals surface area contributed by atoms with Gasteiger partial charge in [-0.2, -0.15) is 0 Å². The van der Waals surface area contributed by atoms with Gasteiger partial charge in [0, 0.05) is 19.2 Å². The highest BCUT2D eigenvalue weighted by Crippen LogP contribution is 2.25. The molecule has 3 aromatic rings. The average Bonchev–Trinajstić information content (AvgIpc) is 2.88. The number of nitrogens with one attached hydrogen (secondary N) is 1. The number of aromatic nitrogens is 1. The third kappa shape index (κ3) is 3.63. The van der Waals surface area contributed by atoms with Crippen LogP contribution in [0, 0.1) is 5.82 Å². The second kappa shape index (κ2) is 6.93. The molecule has 1 N–H and O–H groups in total. The largest absolute Gasteiger partial charge is 0.419 e. The van der Waals surface area contributed by atoms with Gasteiger partial charge in [-0.15, -0.1) is 0 Å². The molecule has 0 fully saturated rings. The second-order valence-electron chi connectivity index (χ2n) is 6.02. The van der Waals surface area contributed by atoms with Crippen molar-refractivity contribution in [2.75, 3.05) is 5.32 Å².